The lowest BCUT2D eigenvalue weighted by molar-refractivity contribution is -0.177. The van der Waals surface area contributed by atoms with Crippen molar-refractivity contribution in [2.24, 2.45) is 0 Å². The number of rotatable bonds is 26. The predicted molar refractivity (Wildman–Crippen MR) is 234 cm³/mol. The summed E-state index contributed by atoms with van der Waals surface area (Å²) < 4.78 is 0. The minimum atomic E-state index is -1.77. The first-order valence-electron chi connectivity index (χ1n) is 22.0. The molecule has 1 heterocycles. The zero-order valence-corrected chi connectivity index (χ0v) is 38.3. The van der Waals surface area contributed by atoms with E-state index in [1.165, 1.54) is 18.2 Å². The number of carbonyl (C=O) groups excluding carboxylic acids is 6. The second-order valence-corrected chi connectivity index (χ2v) is 16.1. The number of amides is 6. The number of carbonyl (C=O) groups is 6. The molecule has 0 aromatic heterocycles. The van der Waals surface area contributed by atoms with Crippen LogP contribution in [0.1, 0.15) is 78.6 Å². The summed E-state index contributed by atoms with van der Waals surface area (Å²) in [6.45, 7) is 0.501. The highest BCUT2D eigenvalue weighted by atomic mass is 16.5. The van der Waals surface area contributed by atoms with Crippen molar-refractivity contribution in [1.29, 1.82) is 0 Å². The topological polar surface area (TPSA) is 407 Å². The molecule has 1 saturated heterocycles. The van der Waals surface area contributed by atoms with Gasteiger partial charge in [0.1, 0.15) is 48.9 Å². The average Bonchev–Trinajstić information content (AvgIpc) is 3.27. The van der Waals surface area contributed by atoms with Crippen LogP contribution in [0.15, 0.2) is 34.9 Å². The Balaban J connectivity index is 3.68. The second-order valence-electron chi connectivity index (χ2n) is 16.1. The third-order valence-electron chi connectivity index (χ3n) is 10.3. The van der Waals surface area contributed by atoms with Crippen LogP contribution in [0, 0.1) is 0 Å². The normalized spacial score (nSPS) is 22.9. The first-order valence-corrected chi connectivity index (χ1v) is 22.0. The zero-order chi connectivity index (χ0) is 50.6. The van der Waals surface area contributed by atoms with E-state index in [1.807, 2.05) is 0 Å². The summed E-state index contributed by atoms with van der Waals surface area (Å²) in [4.78, 5) is 81.3. The van der Waals surface area contributed by atoms with Crippen LogP contribution in [0.4, 0.5) is 0 Å². The van der Waals surface area contributed by atoms with Crippen LogP contribution in [0.2, 0.25) is 0 Å². The molecule has 1 aliphatic heterocycles. The first kappa shape index (κ1) is 60.5. The minimum absolute atomic E-state index is 0.0805. The van der Waals surface area contributed by atoms with Gasteiger partial charge < -0.3 is 88.4 Å². The molecule has 0 spiro atoms. The molecule has 0 bridgehead atoms. The van der Waals surface area contributed by atoms with Gasteiger partial charge in [0.05, 0.1) is 19.8 Å². The zero-order valence-electron chi connectivity index (χ0n) is 38.3. The highest BCUT2D eigenvalue weighted by Gasteiger charge is 2.33. The standard InChI is InChI=1S/C41H73N9O17/c1-25(10-16-51)19-34(57)48(65)13-4-7-28-38(61)44-29(8-5-14-49(66)35(58)20-26(2)11-17-52)39(62)45-30(9-6-15-50(67)36(59)21-27(3)12-18-53)40(63)47-32(24-55)41(64)46-31(23-54)37(60)42-22-33(56)43-28/h19-21,28-32,34-36,51-55,57-59,65-67H,4-18,22-24H2,1-3H3,(H,42,60)(H,43,56)(H,44,61)(H,45,62)(H,46,64)(H,47,63). The van der Waals surface area contributed by atoms with E-state index in [-0.39, 0.29) is 97.2 Å². The summed E-state index contributed by atoms with van der Waals surface area (Å²) >= 11 is 0. The van der Waals surface area contributed by atoms with Crippen molar-refractivity contribution < 1.29 is 85.2 Å². The molecule has 0 radical (unpaired) electrons. The summed E-state index contributed by atoms with van der Waals surface area (Å²) in [6, 6.07) is -8.12. The van der Waals surface area contributed by atoms with Gasteiger partial charge in [-0.2, -0.15) is 15.2 Å². The van der Waals surface area contributed by atoms with E-state index in [0.717, 1.165) is 0 Å². The van der Waals surface area contributed by atoms with Gasteiger partial charge in [0.15, 0.2) is 0 Å². The highest BCUT2D eigenvalue weighted by molar-refractivity contribution is 5.97. The van der Waals surface area contributed by atoms with Gasteiger partial charge in [-0.1, -0.05) is 16.7 Å². The SMILES string of the molecule is CC(=CC(O)N(O)CCCC1NC(=O)CNC(=O)C(CO)NC(=O)C(CO)NC(=O)C(CCCN(O)C(O)C=C(C)CCO)NC(=O)C(CCCN(O)C(O)C=C(C)CCO)NC1=O)CCO. The molecule has 0 aliphatic carbocycles. The van der Waals surface area contributed by atoms with Crippen LogP contribution in [-0.2, 0) is 28.8 Å². The molecule has 384 valence electrons. The molecule has 0 aromatic carbocycles. The summed E-state index contributed by atoms with van der Waals surface area (Å²) in [6.07, 6.45) is -1.26. The maximum absolute atomic E-state index is 14.2. The molecule has 67 heavy (non-hydrogen) atoms. The Morgan fingerprint density at radius 3 is 1.09 bits per heavy atom. The second kappa shape index (κ2) is 33.1. The molecular weight excluding hydrogens is 890 g/mol. The van der Waals surface area contributed by atoms with E-state index in [2.05, 4.69) is 31.9 Å². The molecular formula is C41H73N9O17. The Bertz CT molecular complexity index is 1650. The van der Waals surface area contributed by atoms with Crippen LogP contribution in [0.3, 0.4) is 0 Å². The Morgan fingerprint density at radius 1 is 0.493 bits per heavy atom. The number of aliphatic hydroxyl groups excluding tert-OH is 8. The van der Waals surface area contributed by atoms with Crippen molar-refractivity contribution in [2.45, 2.75) is 127 Å². The lowest BCUT2D eigenvalue weighted by Crippen LogP contribution is -2.61. The maximum Gasteiger partial charge on any atom is 0.245 e. The van der Waals surface area contributed by atoms with Crippen LogP contribution in [0.5, 0.6) is 0 Å². The Morgan fingerprint density at radius 2 is 0.776 bits per heavy atom. The molecule has 8 unspecified atom stereocenters. The Hall–Kier alpha value is -4.52. The van der Waals surface area contributed by atoms with Crippen molar-refractivity contribution in [3.05, 3.63) is 34.9 Å². The van der Waals surface area contributed by atoms with Gasteiger partial charge in [0.2, 0.25) is 35.4 Å². The van der Waals surface area contributed by atoms with Crippen molar-refractivity contribution in [2.75, 3.05) is 59.2 Å². The van der Waals surface area contributed by atoms with Crippen LogP contribution in [0.25, 0.3) is 0 Å². The molecule has 6 amide bonds. The third-order valence-corrected chi connectivity index (χ3v) is 10.3. The average molecular weight is 964 g/mol. The van der Waals surface area contributed by atoms with E-state index >= 15 is 0 Å². The minimum Gasteiger partial charge on any atom is -0.396 e. The fourth-order valence-electron chi connectivity index (χ4n) is 6.39. The Labute approximate surface area is 388 Å². The molecule has 26 heteroatoms. The number of hydroxylamine groups is 6. The molecule has 0 saturated carbocycles. The summed E-state index contributed by atoms with van der Waals surface area (Å²) in [5, 5.41) is 126. The Kier molecular flexibility index (Phi) is 29.8. The lowest BCUT2D eigenvalue weighted by atomic mass is 10.0. The van der Waals surface area contributed by atoms with Crippen molar-refractivity contribution >= 4 is 35.4 Å². The fourth-order valence-corrected chi connectivity index (χ4v) is 6.39. The molecule has 0 aromatic rings. The molecule has 26 nitrogen and oxygen atoms in total. The van der Waals surface area contributed by atoms with Crippen molar-refractivity contribution in [3.63, 3.8) is 0 Å². The van der Waals surface area contributed by atoms with Crippen molar-refractivity contribution in [1.82, 2.24) is 47.1 Å². The highest BCUT2D eigenvalue weighted by Crippen LogP contribution is 2.12. The van der Waals surface area contributed by atoms with E-state index in [4.69, 9.17) is 10.2 Å². The number of hydrogen-bond donors (Lipinski definition) is 17. The van der Waals surface area contributed by atoms with Gasteiger partial charge in [-0.05, 0) is 96.8 Å². The first-order chi connectivity index (χ1) is 31.7. The molecule has 17 N–H and O–H groups in total. The van der Waals surface area contributed by atoms with Crippen LogP contribution >= 0.6 is 0 Å². The van der Waals surface area contributed by atoms with Gasteiger partial charge in [-0.25, -0.2) is 0 Å². The van der Waals surface area contributed by atoms with E-state index < -0.39 is 104 Å². The van der Waals surface area contributed by atoms with E-state index in [0.29, 0.717) is 31.9 Å². The van der Waals surface area contributed by atoms with Crippen molar-refractivity contribution in [3.8, 4) is 0 Å². The van der Waals surface area contributed by atoms with Gasteiger partial charge in [0, 0.05) is 39.5 Å². The number of hydrogen-bond acceptors (Lipinski definition) is 20. The van der Waals surface area contributed by atoms with Crippen LogP contribution < -0.4 is 31.9 Å². The van der Waals surface area contributed by atoms with Crippen LogP contribution in [-0.4, -0.2) is 215 Å². The molecule has 8 atom stereocenters. The summed E-state index contributed by atoms with van der Waals surface area (Å²) in [5.41, 5.74) is 1.66. The quantitative estimate of drug-likeness (QED) is 0.0219. The predicted octanol–water partition coefficient (Wildman–Crippen LogP) is -5.12. The van der Waals surface area contributed by atoms with E-state index in [1.54, 1.807) is 20.8 Å². The molecule has 1 rings (SSSR count). The molecule has 1 aliphatic rings. The largest absolute Gasteiger partial charge is 0.396 e. The number of aliphatic hydroxyl groups is 8. The van der Waals surface area contributed by atoms with Gasteiger partial charge in [0.25, 0.3) is 0 Å². The summed E-state index contributed by atoms with van der Waals surface area (Å²) in [7, 11) is 0. The molecule has 1 fully saturated rings. The monoisotopic (exact) mass is 964 g/mol. The maximum atomic E-state index is 14.2. The smallest absolute Gasteiger partial charge is 0.245 e. The van der Waals surface area contributed by atoms with Gasteiger partial charge in [-0.15, -0.1) is 0 Å². The number of nitrogens with one attached hydrogen (secondary N) is 6. The van der Waals surface area contributed by atoms with Gasteiger partial charge >= 0.3 is 0 Å². The number of nitrogens with zero attached hydrogens (tertiary/aromatic N) is 3. The fraction of sp³-hybridized carbons (Fsp3) is 0.707. The third kappa shape index (κ3) is 23.9. The van der Waals surface area contributed by atoms with E-state index in [9.17, 15) is 75.0 Å². The summed E-state index contributed by atoms with van der Waals surface area (Å²) in [5.74, 6) is -6.25. The lowest BCUT2D eigenvalue weighted by Gasteiger charge is -2.28. The van der Waals surface area contributed by atoms with Gasteiger partial charge in [-0.3, -0.25) is 28.8 Å².